The van der Waals surface area contributed by atoms with Crippen LogP contribution in [0.3, 0.4) is 0 Å². The summed E-state index contributed by atoms with van der Waals surface area (Å²) in [6, 6.07) is 7.74. The molecule has 0 aliphatic heterocycles. The second-order valence-electron chi connectivity index (χ2n) is 6.77. The molecule has 3 nitrogen and oxygen atoms in total. The van der Waals surface area contributed by atoms with Gasteiger partial charge < -0.3 is 13.3 Å². The number of rotatable bonds is 16. The van der Waals surface area contributed by atoms with E-state index in [1.165, 1.54) is 17.7 Å². The van der Waals surface area contributed by atoms with E-state index in [1.807, 2.05) is 12.1 Å². The van der Waals surface area contributed by atoms with Crippen molar-refractivity contribution in [3.05, 3.63) is 35.6 Å². The molecule has 0 aliphatic carbocycles. The SMILES string of the molecule is CCCO[Si](CCCCCCc1ccc(F)cc1)(OCCC)OCCC. The molecule has 0 bridgehead atoms. The highest BCUT2D eigenvalue weighted by molar-refractivity contribution is 6.60. The van der Waals surface area contributed by atoms with Gasteiger partial charge in [0, 0.05) is 25.9 Å². The van der Waals surface area contributed by atoms with Gasteiger partial charge in [-0.1, -0.05) is 45.7 Å². The first-order valence-corrected chi connectivity index (χ1v) is 12.2. The van der Waals surface area contributed by atoms with Crippen LogP contribution in [-0.2, 0) is 19.7 Å². The molecule has 0 amide bonds. The Labute approximate surface area is 160 Å². The fourth-order valence-electron chi connectivity index (χ4n) is 2.79. The van der Waals surface area contributed by atoms with E-state index in [0.29, 0.717) is 19.8 Å². The minimum Gasteiger partial charge on any atom is -0.373 e. The summed E-state index contributed by atoms with van der Waals surface area (Å²) in [5.74, 6) is -0.165. The van der Waals surface area contributed by atoms with E-state index in [2.05, 4.69) is 20.8 Å². The Morgan fingerprint density at radius 2 is 1.23 bits per heavy atom. The molecule has 0 saturated carbocycles. The van der Waals surface area contributed by atoms with E-state index in [4.69, 9.17) is 13.3 Å². The van der Waals surface area contributed by atoms with Gasteiger partial charge in [0.15, 0.2) is 0 Å². The van der Waals surface area contributed by atoms with Crippen LogP contribution >= 0.6 is 0 Å². The van der Waals surface area contributed by atoms with E-state index in [-0.39, 0.29) is 5.82 Å². The second-order valence-corrected chi connectivity index (χ2v) is 9.50. The quantitative estimate of drug-likeness (QED) is 0.253. The lowest BCUT2D eigenvalue weighted by molar-refractivity contribution is 0.0586. The topological polar surface area (TPSA) is 27.7 Å². The Kier molecular flexibility index (Phi) is 12.8. The van der Waals surface area contributed by atoms with Gasteiger partial charge in [0.05, 0.1) is 0 Å². The zero-order chi connectivity index (χ0) is 19.1. The minimum atomic E-state index is -2.53. The predicted molar refractivity (Wildman–Crippen MR) is 108 cm³/mol. The molecule has 0 unspecified atom stereocenters. The van der Waals surface area contributed by atoms with Crippen LogP contribution in [0.4, 0.5) is 4.39 Å². The van der Waals surface area contributed by atoms with Crippen molar-refractivity contribution >= 4 is 8.80 Å². The molecule has 0 aromatic heterocycles. The van der Waals surface area contributed by atoms with Gasteiger partial charge in [-0.05, 0) is 56.2 Å². The molecule has 0 saturated heterocycles. The third kappa shape index (κ3) is 9.81. The average molecular weight is 385 g/mol. The molecule has 5 heteroatoms. The van der Waals surface area contributed by atoms with Gasteiger partial charge in [0.25, 0.3) is 0 Å². The van der Waals surface area contributed by atoms with E-state index in [0.717, 1.165) is 57.4 Å². The fraction of sp³-hybridized carbons (Fsp3) is 0.714. The van der Waals surface area contributed by atoms with Gasteiger partial charge in [-0.25, -0.2) is 4.39 Å². The summed E-state index contributed by atoms with van der Waals surface area (Å²) < 4.78 is 31.3. The number of hydrogen-bond donors (Lipinski definition) is 0. The monoisotopic (exact) mass is 384 g/mol. The highest BCUT2D eigenvalue weighted by atomic mass is 28.4. The molecule has 0 N–H and O–H groups in total. The van der Waals surface area contributed by atoms with Crippen molar-refractivity contribution in [1.29, 1.82) is 0 Å². The molecule has 0 heterocycles. The van der Waals surface area contributed by atoms with E-state index in [1.54, 1.807) is 0 Å². The molecular weight excluding hydrogens is 347 g/mol. The first kappa shape index (κ1) is 23.3. The van der Waals surface area contributed by atoms with Crippen LogP contribution in [-0.4, -0.2) is 28.6 Å². The number of aryl methyl sites for hydroxylation is 1. The lowest BCUT2D eigenvalue weighted by Gasteiger charge is -2.29. The van der Waals surface area contributed by atoms with Crippen LogP contribution in [0.1, 0.15) is 71.3 Å². The zero-order valence-electron chi connectivity index (χ0n) is 16.9. The lowest BCUT2D eigenvalue weighted by atomic mass is 10.1. The molecule has 1 rings (SSSR count). The van der Waals surface area contributed by atoms with Gasteiger partial charge in [-0.2, -0.15) is 0 Å². The summed E-state index contributed by atoms with van der Waals surface area (Å²) in [6.45, 7) is 8.50. The van der Waals surface area contributed by atoms with Crippen LogP contribution in [0.5, 0.6) is 0 Å². The summed E-state index contributed by atoms with van der Waals surface area (Å²) in [5.41, 5.74) is 1.21. The van der Waals surface area contributed by atoms with Crippen molar-refractivity contribution in [3.8, 4) is 0 Å². The minimum absolute atomic E-state index is 0.165. The maximum absolute atomic E-state index is 12.9. The number of halogens is 1. The van der Waals surface area contributed by atoms with Crippen molar-refractivity contribution < 1.29 is 17.7 Å². The average Bonchev–Trinajstić information content (AvgIpc) is 2.66. The Morgan fingerprint density at radius 1 is 0.731 bits per heavy atom. The maximum Gasteiger partial charge on any atom is 0.500 e. The molecule has 26 heavy (non-hydrogen) atoms. The van der Waals surface area contributed by atoms with Crippen molar-refractivity contribution in [2.45, 2.75) is 78.2 Å². The Hall–Kier alpha value is -0.753. The van der Waals surface area contributed by atoms with Gasteiger partial charge in [-0.3, -0.25) is 0 Å². The Balaban J connectivity index is 2.36. The van der Waals surface area contributed by atoms with Crippen LogP contribution < -0.4 is 0 Å². The third-order valence-electron chi connectivity index (χ3n) is 4.19. The van der Waals surface area contributed by atoms with E-state index >= 15 is 0 Å². The number of unbranched alkanes of at least 4 members (excludes halogenated alkanes) is 3. The third-order valence-corrected chi connectivity index (χ3v) is 7.09. The summed E-state index contributed by atoms with van der Waals surface area (Å²) in [4.78, 5) is 0. The molecule has 0 radical (unpaired) electrons. The second kappa shape index (κ2) is 14.3. The van der Waals surface area contributed by atoms with Crippen LogP contribution in [0.15, 0.2) is 24.3 Å². The smallest absolute Gasteiger partial charge is 0.373 e. The molecule has 1 aromatic rings. The van der Waals surface area contributed by atoms with Crippen LogP contribution in [0.25, 0.3) is 0 Å². The zero-order valence-corrected chi connectivity index (χ0v) is 17.9. The van der Waals surface area contributed by atoms with E-state index < -0.39 is 8.80 Å². The maximum atomic E-state index is 12.9. The fourth-order valence-corrected chi connectivity index (χ4v) is 5.70. The molecule has 0 aliphatic rings. The highest BCUT2D eigenvalue weighted by Gasteiger charge is 2.40. The van der Waals surface area contributed by atoms with Crippen molar-refractivity contribution in [1.82, 2.24) is 0 Å². The number of hydrogen-bond acceptors (Lipinski definition) is 3. The normalized spacial score (nSPS) is 11.8. The summed E-state index contributed by atoms with van der Waals surface area (Å²) in [5, 5.41) is 0. The first-order valence-electron chi connectivity index (χ1n) is 10.3. The van der Waals surface area contributed by atoms with Crippen LogP contribution in [0, 0.1) is 5.82 Å². The van der Waals surface area contributed by atoms with Gasteiger partial charge >= 0.3 is 8.80 Å². The molecule has 0 atom stereocenters. The molecule has 0 spiro atoms. The van der Waals surface area contributed by atoms with Gasteiger partial charge in [-0.15, -0.1) is 0 Å². The van der Waals surface area contributed by atoms with Crippen molar-refractivity contribution in [2.75, 3.05) is 19.8 Å². The molecular formula is C21H37FO3Si. The van der Waals surface area contributed by atoms with Crippen molar-refractivity contribution in [2.24, 2.45) is 0 Å². The first-order chi connectivity index (χ1) is 12.7. The Bertz CT molecular complexity index is 431. The molecule has 1 aromatic carbocycles. The van der Waals surface area contributed by atoms with Crippen molar-refractivity contribution in [3.63, 3.8) is 0 Å². The van der Waals surface area contributed by atoms with Crippen LogP contribution in [0.2, 0.25) is 6.04 Å². The summed E-state index contributed by atoms with van der Waals surface area (Å²) in [7, 11) is -2.53. The van der Waals surface area contributed by atoms with E-state index in [9.17, 15) is 4.39 Å². The lowest BCUT2D eigenvalue weighted by Crippen LogP contribution is -2.46. The summed E-state index contributed by atoms with van der Waals surface area (Å²) in [6.07, 6.45) is 8.47. The Morgan fingerprint density at radius 3 is 1.73 bits per heavy atom. The summed E-state index contributed by atoms with van der Waals surface area (Å²) >= 11 is 0. The van der Waals surface area contributed by atoms with Gasteiger partial charge in [0.1, 0.15) is 5.82 Å². The molecule has 0 fully saturated rings. The standard InChI is InChI=1S/C21H37FO3Si/c1-4-16-23-26(24-17-5-2,25-18-6-3)19-10-8-7-9-11-20-12-14-21(22)15-13-20/h12-15H,4-11,16-19H2,1-3H3. The number of benzene rings is 1. The van der Waals surface area contributed by atoms with Gasteiger partial charge in [0.2, 0.25) is 0 Å². The largest absolute Gasteiger partial charge is 0.500 e. The molecule has 150 valence electrons. The predicted octanol–water partition coefficient (Wildman–Crippen LogP) is 6.15. The highest BCUT2D eigenvalue weighted by Crippen LogP contribution is 2.22.